The maximum Gasteiger partial charge on any atom is 0.407 e. The van der Waals surface area contributed by atoms with E-state index in [9.17, 15) is 9.18 Å². The zero-order valence-electron chi connectivity index (χ0n) is 10.9. The van der Waals surface area contributed by atoms with Crippen LogP contribution in [0.1, 0.15) is 32.4 Å². The van der Waals surface area contributed by atoms with E-state index >= 15 is 0 Å². The summed E-state index contributed by atoms with van der Waals surface area (Å²) in [5, 5.41) is 2.55. The molecular formula is C13H19FN2O2. The van der Waals surface area contributed by atoms with Gasteiger partial charge >= 0.3 is 6.09 Å². The molecule has 100 valence electrons. The van der Waals surface area contributed by atoms with Gasteiger partial charge in [-0.25, -0.2) is 9.18 Å². The number of carbonyl (C=O) groups excluding carboxylic acids is 1. The van der Waals surface area contributed by atoms with Crippen molar-refractivity contribution in [3.63, 3.8) is 0 Å². The van der Waals surface area contributed by atoms with Gasteiger partial charge in [-0.3, -0.25) is 0 Å². The maximum absolute atomic E-state index is 13.0. The number of nitrogens with two attached hydrogens (primary N) is 1. The van der Waals surface area contributed by atoms with Gasteiger partial charge < -0.3 is 15.8 Å². The highest BCUT2D eigenvalue weighted by atomic mass is 19.1. The summed E-state index contributed by atoms with van der Waals surface area (Å²) >= 11 is 0. The molecule has 1 atom stereocenters. The van der Waals surface area contributed by atoms with E-state index < -0.39 is 17.7 Å². The second-order valence-electron chi connectivity index (χ2n) is 5.04. The molecule has 0 aliphatic heterocycles. The fraction of sp³-hybridized carbons (Fsp3) is 0.462. The van der Waals surface area contributed by atoms with Crippen LogP contribution in [-0.2, 0) is 4.74 Å². The Balaban J connectivity index is 2.46. The Hall–Kier alpha value is -1.62. The number of nitrogens with one attached hydrogen (secondary N) is 1. The number of ether oxygens (including phenoxy) is 1. The molecule has 3 N–H and O–H groups in total. The third-order valence-corrected chi connectivity index (χ3v) is 2.14. The molecule has 1 aromatic carbocycles. The first kappa shape index (κ1) is 14.4. The molecule has 0 aliphatic rings. The number of carbonyl (C=O) groups is 1. The van der Waals surface area contributed by atoms with Gasteiger partial charge in [-0.05, 0) is 38.5 Å². The van der Waals surface area contributed by atoms with Gasteiger partial charge in [0.1, 0.15) is 11.4 Å². The largest absolute Gasteiger partial charge is 0.444 e. The first-order chi connectivity index (χ1) is 8.28. The SMILES string of the molecule is CC(C)(C)OC(=O)NC[C@H](N)c1cccc(F)c1. The van der Waals surface area contributed by atoms with E-state index in [1.165, 1.54) is 12.1 Å². The van der Waals surface area contributed by atoms with Crippen LogP contribution in [0.25, 0.3) is 0 Å². The van der Waals surface area contributed by atoms with Crippen molar-refractivity contribution in [1.29, 1.82) is 0 Å². The fourth-order valence-electron chi connectivity index (χ4n) is 1.36. The summed E-state index contributed by atoms with van der Waals surface area (Å²) in [4.78, 5) is 11.4. The molecule has 1 amide bonds. The van der Waals surface area contributed by atoms with Crippen LogP contribution in [-0.4, -0.2) is 18.2 Å². The van der Waals surface area contributed by atoms with Crippen molar-refractivity contribution in [2.75, 3.05) is 6.54 Å². The molecular weight excluding hydrogens is 235 g/mol. The Labute approximate surface area is 106 Å². The molecule has 0 saturated heterocycles. The van der Waals surface area contributed by atoms with Crippen LogP contribution < -0.4 is 11.1 Å². The molecule has 0 bridgehead atoms. The summed E-state index contributed by atoms with van der Waals surface area (Å²) in [5.74, 6) is -0.347. The lowest BCUT2D eigenvalue weighted by atomic mass is 10.1. The van der Waals surface area contributed by atoms with E-state index in [4.69, 9.17) is 10.5 Å². The summed E-state index contributed by atoms with van der Waals surface area (Å²) in [6.45, 7) is 5.52. The van der Waals surface area contributed by atoms with E-state index in [0.29, 0.717) is 5.56 Å². The van der Waals surface area contributed by atoms with E-state index in [1.807, 2.05) is 0 Å². The van der Waals surface area contributed by atoms with Gasteiger partial charge in [0.25, 0.3) is 0 Å². The molecule has 1 rings (SSSR count). The third kappa shape index (κ3) is 5.14. The van der Waals surface area contributed by atoms with Crippen molar-refractivity contribution in [3.05, 3.63) is 35.6 Å². The molecule has 1 aromatic rings. The lowest BCUT2D eigenvalue weighted by molar-refractivity contribution is 0.0524. The Morgan fingerprint density at radius 2 is 2.17 bits per heavy atom. The molecule has 0 aliphatic carbocycles. The molecule has 0 unspecified atom stereocenters. The summed E-state index contributed by atoms with van der Waals surface area (Å²) in [6, 6.07) is 5.52. The van der Waals surface area contributed by atoms with Crippen LogP contribution in [0, 0.1) is 5.82 Å². The lowest BCUT2D eigenvalue weighted by Gasteiger charge is -2.20. The number of benzene rings is 1. The zero-order chi connectivity index (χ0) is 13.8. The lowest BCUT2D eigenvalue weighted by Crippen LogP contribution is -2.36. The minimum Gasteiger partial charge on any atom is -0.444 e. The third-order valence-electron chi connectivity index (χ3n) is 2.14. The molecule has 18 heavy (non-hydrogen) atoms. The second-order valence-corrected chi connectivity index (χ2v) is 5.04. The minimum absolute atomic E-state index is 0.193. The summed E-state index contributed by atoms with van der Waals surface area (Å²) in [6.07, 6.45) is -0.533. The van der Waals surface area contributed by atoms with Crippen LogP contribution in [0.5, 0.6) is 0 Å². The molecule has 5 heteroatoms. The van der Waals surface area contributed by atoms with Crippen LogP contribution >= 0.6 is 0 Å². The quantitative estimate of drug-likeness (QED) is 0.870. The van der Waals surface area contributed by atoms with Gasteiger partial charge in [-0.2, -0.15) is 0 Å². The first-order valence-corrected chi connectivity index (χ1v) is 5.76. The van der Waals surface area contributed by atoms with Gasteiger partial charge in [0.05, 0.1) is 0 Å². The van der Waals surface area contributed by atoms with Gasteiger partial charge in [0, 0.05) is 12.6 Å². The molecule has 0 aromatic heterocycles. The zero-order valence-corrected chi connectivity index (χ0v) is 10.9. The molecule has 0 saturated carbocycles. The van der Waals surface area contributed by atoms with Gasteiger partial charge in [-0.15, -0.1) is 0 Å². The van der Waals surface area contributed by atoms with Crippen LogP contribution in [0.15, 0.2) is 24.3 Å². The van der Waals surface area contributed by atoms with Crippen molar-refractivity contribution in [3.8, 4) is 0 Å². The van der Waals surface area contributed by atoms with E-state index in [2.05, 4.69) is 5.32 Å². The number of alkyl carbamates (subject to hydrolysis) is 1. The van der Waals surface area contributed by atoms with Crippen molar-refractivity contribution >= 4 is 6.09 Å². The predicted molar refractivity (Wildman–Crippen MR) is 67.6 cm³/mol. The standard InChI is InChI=1S/C13H19FN2O2/c1-13(2,3)18-12(17)16-8-11(15)9-5-4-6-10(14)7-9/h4-7,11H,8,15H2,1-3H3,(H,16,17)/t11-/m0/s1. The van der Waals surface area contributed by atoms with Crippen molar-refractivity contribution in [1.82, 2.24) is 5.32 Å². The van der Waals surface area contributed by atoms with Crippen LogP contribution in [0.3, 0.4) is 0 Å². The van der Waals surface area contributed by atoms with Gasteiger partial charge in [0.15, 0.2) is 0 Å². The van der Waals surface area contributed by atoms with Crippen LogP contribution in [0.2, 0.25) is 0 Å². The highest BCUT2D eigenvalue weighted by Gasteiger charge is 2.16. The summed E-state index contributed by atoms with van der Waals surface area (Å²) in [5.41, 5.74) is 5.92. The molecule has 0 heterocycles. The molecule has 4 nitrogen and oxygen atoms in total. The first-order valence-electron chi connectivity index (χ1n) is 5.76. The number of amides is 1. The number of halogens is 1. The number of rotatable bonds is 3. The Bertz CT molecular complexity index is 416. The Kier molecular flexibility index (Phi) is 4.67. The van der Waals surface area contributed by atoms with Crippen molar-refractivity contribution in [2.45, 2.75) is 32.4 Å². The fourth-order valence-corrected chi connectivity index (χ4v) is 1.36. The highest BCUT2D eigenvalue weighted by Crippen LogP contribution is 2.11. The monoisotopic (exact) mass is 254 g/mol. The molecule has 0 spiro atoms. The highest BCUT2D eigenvalue weighted by molar-refractivity contribution is 5.67. The van der Waals surface area contributed by atoms with E-state index in [0.717, 1.165) is 0 Å². The van der Waals surface area contributed by atoms with Gasteiger partial charge in [0.2, 0.25) is 0 Å². The average molecular weight is 254 g/mol. The van der Waals surface area contributed by atoms with Crippen LogP contribution in [0.4, 0.5) is 9.18 Å². The second kappa shape index (κ2) is 5.82. The van der Waals surface area contributed by atoms with Crippen molar-refractivity contribution < 1.29 is 13.9 Å². The van der Waals surface area contributed by atoms with Crippen molar-refractivity contribution in [2.24, 2.45) is 5.73 Å². The predicted octanol–water partition coefficient (Wildman–Crippen LogP) is 2.35. The Morgan fingerprint density at radius 3 is 2.72 bits per heavy atom. The topological polar surface area (TPSA) is 64.3 Å². The average Bonchev–Trinajstić information content (AvgIpc) is 2.23. The number of hydrogen-bond acceptors (Lipinski definition) is 3. The summed E-state index contributed by atoms with van der Waals surface area (Å²) < 4.78 is 18.0. The summed E-state index contributed by atoms with van der Waals surface area (Å²) in [7, 11) is 0. The minimum atomic E-state index is -0.549. The van der Waals surface area contributed by atoms with E-state index in [-0.39, 0.29) is 12.4 Å². The molecule has 0 fully saturated rings. The molecule has 0 radical (unpaired) electrons. The Morgan fingerprint density at radius 1 is 1.50 bits per heavy atom. The smallest absolute Gasteiger partial charge is 0.407 e. The normalized spacial score (nSPS) is 12.9. The maximum atomic E-state index is 13.0. The van der Waals surface area contributed by atoms with E-state index in [1.54, 1.807) is 32.9 Å². The van der Waals surface area contributed by atoms with Gasteiger partial charge in [-0.1, -0.05) is 12.1 Å². The number of hydrogen-bond donors (Lipinski definition) is 2.